The van der Waals surface area contributed by atoms with Crippen molar-refractivity contribution in [3.8, 4) is 5.75 Å². The number of nitrogens with zero attached hydrogens (tertiary/aromatic N) is 4. The van der Waals surface area contributed by atoms with Gasteiger partial charge in [-0.1, -0.05) is 0 Å². The highest BCUT2D eigenvalue weighted by molar-refractivity contribution is 7.89. The zero-order valence-corrected chi connectivity index (χ0v) is 15.3. The van der Waals surface area contributed by atoms with Crippen molar-refractivity contribution in [1.82, 2.24) is 14.3 Å². The molecule has 138 valence electrons. The number of ether oxygens (including phenoxy) is 2. The van der Waals surface area contributed by atoms with Gasteiger partial charge in [-0.2, -0.15) is 4.31 Å². The lowest BCUT2D eigenvalue weighted by Crippen LogP contribution is -2.37. The van der Waals surface area contributed by atoms with Gasteiger partial charge in [-0.15, -0.1) is 0 Å². The summed E-state index contributed by atoms with van der Waals surface area (Å²) in [5.74, 6) is 1.26. The molecule has 2 aliphatic rings. The van der Waals surface area contributed by atoms with Crippen LogP contribution in [0, 0.1) is 0 Å². The van der Waals surface area contributed by atoms with Crippen molar-refractivity contribution >= 4 is 16.0 Å². The molecule has 26 heavy (non-hydrogen) atoms. The molecule has 0 bridgehead atoms. The molecule has 1 aromatic carbocycles. The Kier molecular flexibility index (Phi) is 4.51. The van der Waals surface area contributed by atoms with Gasteiger partial charge in [0.15, 0.2) is 0 Å². The molecule has 1 aromatic heterocycles. The quantitative estimate of drug-likeness (QED) is 0.788. The molecule has 8 nitrogen and oxygen atoms in total. The van der Waals surface area contributed by atoms with Crippen LogP contribution in [0.15, 0.2) is 35.4 Å². The summed E-state index contributed by atoms with van der Waals surface area (Å²) >= 11 is 0. The highest BCUT2D eigenvalue weighted by Gasteiger charge is 2.32. The number of morpholine rings is 1. The molecular weight excluding hydrogens is 356 g/mol. The zero-order chi connectivity index (χ0) is 18.1. The number of sulfonamides is 1. The summed E-state index contributed by atoms with van der Waals surface area (Å²) in [4.78, 5) is 11.3. The van der Waals surface area contributed by atoms with E-state index >= 15 is 0 Å². The summed E-state index contributed by atoms with van der Waals surface area (Å²) in [6.45, 7) is 3.33. The number of anilines is 1. The second kappa shape index (κ2) is 6.82. The molecular formula is C17H20N4O4S. The van der Waals surface area contributed by atoms with Gasteiger partial charge in [0.1, 0.15) is 5.75 Å². The predicted molar refractivity (Wildman–Crippen MR) is 94.5 cm³/mol. The Bertz CT molecular complexity index is 895. The van der Waals surface area contributed by atoms with Crippen molar-refractivity contribution in [2.45, 2.75) is 18.0 Å². The Hall–Kier alpha value is -2.23. The van der Waals surface area contributed by atoms with Gasteiger partial charge in [0, 0.05) is 31.4 Å². The summed E-state index contributed by atoms with van der Waals surface area (Å²) in [5, 5.41) is 0. The average Bonchev–Trinajstić information content (AvgIpc) is 3.13. The van der Waals surface area contributed by atoms with E-state index in [0.717, 1.165) is 24.3 Å². The number of methoxy groups -OCH3 is 1. The molecule has 3 heterocycles. The third-order valence-electron chi connectivity index (χ3n) is 4.61. The topological polar surface area (TPSA) is 84.9 Å². The second-order valence-electron chi connectivity index (χ2n) is 6.19. The van der Waals surface area contributed by atoms with E-state index in [1.54, 1.807) is 37.6 Å². The van der Waals surface area contributed by atoms with E-state index in [0.29, 0.717) is 24.9 Å². The summed E-state index contributed by atoms with van der Waals surface area (Å²) in [5.41, 5.74) is 1.61. The molecule has 0 N–H and O–H groups in total. The Morgan fingerprint density at radius 3 is 2.54 bits per heavy atom. The molecule has 0 saturated carbocycles. The summed E-state index contributed by atoms with van der Waals surface area (Å²) in [6, 6.07) is 6.41. The lowest BCUT2D eigenvalue weighted by molar-refractivity contribution is 0.122. The largest absolute Gasteiger partial charge is 0.497 e. The SMILES string of the molecule is COc1ccc(S(=O)(=O)N2Cc3cnc(N4CCOCC4)nc3C2)cc1. The van der Waals surface area contributed by atoms with E-state index in [1.807, 2.05) is 0 Å². The van der Waals surface area contributed by atoms with Crippen LogP contribution in [0.3, 0.4) is 0 Å². The predicted octanol–water partition coefficient (Wildman–Crippen LogP) is 1.03. The maximum absolute atomic E-state index is 12.9. The van der Waals surface area contributed by atoms with E-state index < -0.39 is 10.0 Å². The minimum Gasteiger partial charge on any atom is -0.497 e. The number of fused-ring (bicyclic) bond motifs is 1. The van der Waals surface area contributed by atoms with Crippen LogP contribution in [-0.4, -0.2) is 56.1 Å². The number of aromatic nitrogens is 2. The minimum absolute atomic E-state index is 0.243. The van der Waals surface area contributed by atoms with Crippen LogP contribution in [0.25, 0.3) is 0 Å². The van der Waals surface area contributed by atoms with Crippen molar-refractivity contribution in [1.29, 1.82) is 0 Å². The first-order valence-corrected chi connectivity index (χ1v) is 9.83. The molecule has 9 heteroatoms. The summed E-state index contributed by atoms with van der Waals surface area (Å²) in [7, 11) is -2.05. The number of rotatable bonds is 4. The monoisotopic (exact) mass is 376 g/mol. The lowest BCUT2D eigenvalue weighted by Gasteiger charge is -2.26. The first kappa shape index (κ1) is 17.2. The molecule has 0 atom stereocenters. The smallest absolute Gasteiger partial charge is 0.243 e. The van der Waals surface area contributed by atoms with Gasteiger partial charge in [-0.25, -0.2) is 18.4 Å². The average molecular weight is 376 g/mol. The van der Waals surface area contributed by atoms with Crippen molar-refractivity contribution in [3.05, 3.63) is 41.7 Å². The molecule has 0 unspecified atom stereocenters. The Labute approximate surface area is 152 Å². The molecule has 0 aliphatic carbocycles. The maximum Gasteiger partial charge on any atom is 0.243 e. The molecule has 1 fully saturated rings. The lowest BCUT2D eigenvalue weighted by atomic mass is 10.3. The Morgan fingerprint density at radius 1 is 1.12 bits per heavy atom. The standard InChI is InChI=1S/C17H20N4O4S/c1-24-14-2-4-15(5-3-14)26(22,23)21-11-13-10-18-17(19-16(13)12-21)20-6-8-25-9-7-20/h2-5,10H,6-9,11-12H2,1H3. The Balaban J connectivity index is 1.55. The van der Waals surface area contributed by atoms with E-state index in [4.69, 9.17) is 9.47 Å². The van der Waals surface area contributed by atoms with Crippen LogP contribution in [-0.2, 0) is 27.8 Å². The van der Waals surface area contributed by atoms with Gasteiger partial charge in [0.05, 0.1) is 37.5 Å². The zero-order valence-electron chi connectivity index (χ0n) is 14.5. The van der Waals surface area contributed by atoms with Crippen LogP contribution >= 0.6 is 0 Å². The van der Waals surface area contributed by atoms with E-state index in [9.17, 15) is 8.42 Å². The fourth-order valence-electron chi connectivity index (χ4n) is 3.10. The molecule has 4 rings (SSSR count). The van der Waals surface area contributed by atoms with E-state index in [1.165, 1.54) is 4.31 Å². The first-order chi connectivity index (χ1) is 12.6. The minimum atomic E-state index is -3.59. The van der Waals surface area contributed by atoms with Crippen LogP contribution in [0.1, 0.15) is 11.3 Å². The maximum atomic E-state index is 12.9. The van der Waals surface area contributed by atoms with Gasteiger partial charge in [-0.3, -0.25) is 0 Å². The van der Waals surface area contributed by atoms with Crippen LogP contribution in [0.2, 0.25) is 0 Å². The molecule has 2 aliphatic heterocycles. The summed E-state index contributed by atoms with van der Waals surface area (Å²) < 4.78 is 37.7. The molecule has 1 saturated heterocycles. The number of benzene rings is 1. The van der Waals surface area contributed by atoms with Gasteiger partial charge < -0.3 is 14.4 Å². The molecule has 0 amide bonds. The van der Waals surface area contributed by atoms with Gasteiger partial charge in [0.25, 0.3) is 0 Å². The van der Waals surface area contributed by atoms with Gasteiger partial charge in [0.2, 0.25) is 16.0 Å². The highest BCUT2D eigenvalue weighted by atomic mass is 32.2. The Morgan fingerprint density at radius 2 is 1.85 bits per heavy atom. The third-order valence-corrected chi connectivity index (χ3v) is 6.41. The van der Waals surface area contributed by atoms with Gasteiger partial charge >= 0.3 is 0 Å². The normalized spacial score (nSPS) is 18.0. The van der Waals surface area contributed by atoms with Crippen molar-refractivity contribution in [2.75, 3.05) is 38.3 Å². The van der Waals surface area contributed by atoms with Crippen molar-refractivity contribution in [2.24, 2.45) is 0 Å². The fourth-order valence-corrected chi connectivity index (χ4v) is 4.48. The number of hydrogen-bond donors (Lipinski definition) is 0. The third kappa shape index (κ3) is 3.13. The van der Waals surface area contributed by atoms with Crippen LogP contribution in [0.5, 0.6) is 5.75 Å². The van der Waals surface area contributed by atoms with E-state index in [-0.39, 0.29) is 18.0 Å². The van der Waals surface area contributed by atoms with Crippen LogP contribution < -0.4 is 9.64 Å². The first-order valence-electron chi connectivity index (χ1n) is 8.39. The van der Waals surface area contributed by atoms with Crippen molar-refractivity contribution < 1.29 is 17.9 Å². The van der Waals surface area contributed by atoms with Crippen molar-refractivity contribution in [3.63, 3.8) is 0 Å². The van der Waals surface area contributed by atoms with Crippen LogP contribution in [0.4, 0.5) is 5.95 Å². The highest BCUT2D eigenvalue weighted by Crippen LogP contribution is 2.29. The van der Waals surface area contributed by atoms with Gasteiger partial charge in [-0.05, 0) is 24.3 Å². The second-order valence-corrected chi connectivity index (χ2v) is 8.13. The molecule has 2 aromatic rings. The summed E-state index contributed by atoms with van der Waals surface area (Å²) in [6.07, 6.45) is 1.73. The number of hydrogen-bond acceptors (Lipinski definition) is 7. The fraction of sp³-hybridized carbons (Fsp3) is 0.412. The molecule has 0 spiro atoms. The van der Waals surface area contributed by atoms with E-state index in [2.05, 4.69) is 14.9 Å². The molecule has 0 radical (unpaired) electrons.